The zero-order valence-corrected chi connectivity index (χ0v) is 18.9. The van der Waals surface area contributed by atoms with Gasteiger partial charge in [-0.15, -0.1) is 0 Å². The van der Waals surface area contributed by atoms with Crippen molar-refractivity contribution >= 4 is 23.3 Å². The molecule has 6 N–H and O–H groups in total. The third-order valence-corrected chi connectivity index (χ3v) is 7.94. The minimum Gasteiger partial charge on any atom is -0.507 e. The molecule has 2 saturated carbocycles. The number of aliphatic hydroxyl groups is 2. The normalized spacial score (nSPS) is 40.3. The average Bonchev–Trinajstić information content (AvgIpc) is 2.73. The molecule has 3 unspecified atom stereocenters. The number of primary amides is 1. The summed E-state index contributed by atoms with van der Waals surface area (Å²) in [5.41, 5.74) is 3.57. The Bertz CT molecular complexity index is 1060. The van der Waals surface area contributed by atoms with Crippen LogP contribution in [-0.2, 0) is 14.4 Å². The first-order valence-corrected chi connectivity index (χ1v) is 10.9. The molecule has 9 atom stereocenters. The van der Waals surface area contributed by atoms with E-state index in [-0.39, 0.29) is 11.3 Å². The molecular weight excluding hydrogens is 430 g/mol. The van der Waals surface area contributed by atoms with Gasteiger partial charge in [-0.3, -0.25) is 24.1 Å². The summed E-state index contributed by atoms with van der Waals surface area (Å²) in [4.78, 5) is 53.9. The van der Waals surface area contributed by atoms with Crippen LogP contribution in [0.4, 0.5) is 0 Å². The van der Waals surface area contributed by atoms with Crippen LogP contribution in [0.5, 0.6) is 5.75 Å². The van der Waals surface area contributed by atoms with Gasteiger partial charge in [0.2, 0.25) is 5.91 Å². The summed E-state index contributed by atoms with van der Waals surface area (Å²) < 4.78 is 0. The van der Waals surface area contributed by atoms with Crippen molar-refractivity contribution in [2.24, 2.45) is 29.4 Å². The smallest absolute Gasteiger partial charge is 0.235 e. The van der Waals surface area contributed by atoms with Crippen LogP contribution >= 0.6 is 0 Å². The largest absolute Gasteiger partial charge is 0.507 e. The van der Waals surface area contributed by atoms with E-state index in [0.717, 1.165) is 0 Å². The van der Waals surface area contributed by atoms with Gasteiger partial charge in [-0.2, -0.15) is 0 Å². The highest BCUT2D eigenvalue weighted by molar-refractivity contribution is 6.24. The van der Waals surface area contributed by atoms with Crippen LogP contribution in [-0.4, -0.2) is 88.4 Å². The molecule has 33 heavy (non-hydrogen) atoms. The van der Waals surface area contributed by atoms with Crippen LogP contribution < -0.4 is 11.1 Å². The van der Waals surface area contributed by atoms with E-state index >= 15 is 0 Å². The van der Waals surface area contributed by atoms with E-state index < -0.39 is 76.6 Å². The molecule has 1 aromatic rings. The predicted molar refractivity (Wildman–Crippen MR) is 115 cm³/mol. The first kappa shape index (κ1) is 23.5. The summed E-state index contributed by atoms with van der Waals surface area (Å²) in [6, 6.07) is 2.25. The number of Topliss-reactive ketones (excluding diaryl/α,β-unsaturated/α-hetero) is 3. The number of ketones is 3. The van der Waals surface area contributed by atoms with Gasteiger partial charge in [-0.05, 0) is 38.7 Å². The van der Waals surface area contributed by atoms with Crippen molar-refractivity contribution in [2.45, 2.75) is 36.6 Å². The van der Waals surface area contributed by atoms with E-state index in [4.69, 9.17) is 5.73 Å². The lowest BCUT2D eigenvalue weighted by Gasteiger charge is -2.60. The fourth-order valence-electron chi connectivity index (χ4n) is 6.63. The van der Waals surface area contributed by atoms with Gasteiger partial charge >= 0.3 is 0 Å². The van der Waals surface area contributed by atoms with Crippen LogP contribution in [0.3, 0.4) is 0 Å². The number of phenols is 1. The quantitative estimate of drug-likeness (QED) is 0.335. The Hall–Kier alpha value is -2.66. The minimum absolute atomic E-state index is 0.0793. The number of hydrogen-bond donors (Lipinski definition) is 5. The molecular formula is C23H29N3O7. The van der Waals surface area contributed by atoms with Crippen molar-refractivity contribution < 1.29 is 34.5 Å². The summed E-state index contributed by atoms with van der Waals surface area (Å²) in [7, 11) is 4.56. The first-order chi connectivity index (χ1) is 15.4. The molecule has 0 spiro atoms. The van der Waals surface area contributed by atoms with Crippen LogP contribution in [0.25, 0.3) is 0 Å². The number of nitrogens with two attached hydrogens (primary N) is 1. The molecule has 3 aliphatic carbocycles. The summed E-state index contributed by atoms with van der Waals surface area (Å²) in [5.74, 6) is -9.38. The SMILES string of the molecule is CNC1C2C(=O)c3c(O)cccc3[C@H](C)[C@H]2[C@H](O)[C@H]2[C@H](N(C)C)C(=O)C(C(N)=O)C(=O)[C@@]12O. The third-order valence-electron chi connectivity index (χ3n) is 7.94. The van der Waals surface area contributed by atoms with Crippen molar-refractivity contribution in [3.63, 3.8) is 0 Å². The van der Waals surface area contributed by atoms with E-state index in [1.54, 1.807) is 33.2 Å². The maximum absolute atomic E-state index is 13.6. The highest BCUT2D eigenvalue weighted by atomic mass is 16.3. The summed E-state index contributed by atoms with van der Waals surface area (Å²) in [6.45, 7) is 1.80. The molecule has 1 amide bonds. The first-order valence-electron chi connectivity index (χ1n) is 10.9. The lowest BCUT2D eigenvalue weighted by Crippen LogP contribution is -2.80. The molecule has 0 heterocycles. The monoisotopic (exact) mass is 459 g/mol. The van der Waals surface area contributed by atoms with E-state index in [9.17, 15) is 34.5 Å². The van der Waals surface area contributed by atoms with Crippen LogP contribution in [0.1, 0.15) is 28.8 Å². The molecule has 1 aromatic carbocycles. The molecule has 2 fully saturated rings. The molecule has 0 aromatic heterocycles. The third kappa shape index (κ3) is 2.87. The number of nitrogens with one attached hydrogen (secondary N) is 1. The van der Waals surface area contributed by atoms with Gasteiger partial charge in [-0.25, -0.2) is 0 Å². The van der Waals surface area contributed by atoms with Gasteiger partial charge in [-0.1, -0.05) is 19.1 Å². The number of phenolic OH excluding ortho intramolecular Hbond substituents is 1. The number of hydrogen-bond acceptors (Lipinski definition) is 9. The van der Waals surface area contributed by atoms with Crippen LogP contribution in [0.15, 0.2) is 18.2 Å². The van der Waals surface area contributed by atoms with E-state index in [0.29, 0.717) is 5.56 Å². The van der Waals surface area contributed by atoms with Crippen molar-refractivity contribution in [1.82, 2.24) is 10.2 Å². The molecule has 0 radical (unpaired) electrons. The van der Waals surface area contributed by atoms with Gasteiger partial charge in [0.15, 0.2) is 23.3 Å². The Morgan fingerprint density at radius 3 is 2.39 bits per heavy atom. The number of aromatic hydroxyl groups is 1. The summed E-state index contributed by atoms with van der Waals surface area (Å²) >= 11 is 0. The number of benzene rings is 1. The Balaban J connectivity index is 1.98. The number of nitrogens with zero attached hydrogens (tertiary/aromatic N) is 1. The zero-order valence-electron chi connectivity index (χ0n) is 18.9. The van der Waals surface area contributed by atoms with Crippen molar-refractivity contribution in [3.8, 4) is 5.75 Å². The van der Waals surface area contributed by atoms with E-state index in [2.05, 4.69) is 5.32 Å². The van der Waals surface area contributed by atoms with Gasteiger partial charge < -0.3 is 26.4 Å². The van der Waals surface area contributed by atoms with Crippen molar-refractivity contribution in [2.75, 3.05) is 21.1 Å². The molecule has 4 rings (SSSR count). The van der Waals surface area contributed by atoms with E-state index in [1.165, 1.54) is 18.0 Å². The maximum atomic E-state index is 13.6. The number of aliphatic hydroxyl groups excluding tert-OH is 1. The van der Waals surface area contributed by atoms with Crippen molar-refractivity contribution in [1.29, 1.82) is 0 Å². The van der Waals surface area contributed by atoms with Crippen LogP contribution in [0.2, 0.25) is 0 Å². The molecule has 178 valence electrons. The molecule has 0 aliphatic heterocycles. The number of likely N-dealkylation sites (N-methyl/N-ethyl adjacent to an activating group) is 2. The lowest BCUT2D eigenvalue weighted by atomic mass is 9.48. The molecule has 3 aliphatic rings. The second kappa shape index (κ2) is 7.69. The lowest BCUT2D eigenvalue weighted by molar-refractivity contribution is -0.204. The predicted octanol–water partition coefficient (Wildman–Crippen LogP) is -1.58. The second-order valence-corrected chi connectivity index (χ2v) is 9.62. The average molecular weight is 459 g/mol. The minimum atomic E-state index is -2.44. The van der Waals surface area contributed by atoms with Crippen LogP contribution in [0, 0.1) is 23.7 Å². The molecule has 10 nitrogen and oxygen atoms in total. The van der Waals surface area contributed by atoms with E-state index in [1.807, 2.05) is 0 Å². The summed E-state index contributed by atoms with van der Waals surface area (Å²) in [6.07, 6.45) is -1.44. The molecule has 0 saturated heterocycles. The summed E-state index contributed by atoms with van der Waals surface area (Å²) in [5, 5.41) is 36.8. The Morgan fingerprint density at radius 1 is 1.21 bits per heavy atom. The zero-order chi connectivity index (χ0) is 24.6. The topological polar surface area (TPSA) is 170 Å². The standard InChI is InChI=1S/C23H29N3O7/c1-8-9-6-5-7-10(27)12(9)17(28)13-11(8)18(29)15-16(26(3)4)19(30)14(22(24)32)21(31)23(15,33)20(13)25-2/h5-8,11,13-16,18,20,25,27,29,33H,1-4H3,(H2,24,32)/t8-,11+,13?,14?,15+,16-,18-,20?,23-/m0/s1. The Kier molecular flexibility index (Phi) is 5.48. The van der Waals surface area contributed by atoms with Gasteiger partial charge in [0.05, 0.1) is 23.8 Å². The van der Waals surface area contributed by atoms with Crippen molar-refractivity contribution in [3.05, 3.63) is 29.3 Å². The fourth-order valence-corrected chi connectivity index (χ4v) is 6.63. The molecule has 0 bridgehead atoms. The second-order valence-electron chi connectivity index (χ2n) is 9.62. The van der Waals surface area contributed by atoms with Gasteiger partial charge in [0.25, 0.3) is 0 Å². The number of amides is 1. The number of rotatable bonds is 3. The number of fused-ring (bicyclic) bond motifs is 3. The van der Waals surface area contributed by atoms with Gasteiger partial charge in [0.1, 0.15) is 11.4 Å². The molecule has 10 heteroatoms. The number of carbonyl (C=O) groups excluding carboxylic acids is 4. The van der Waals surface area contributed by atoms with Gasteiger partial charge in [0, 0.05) is 17.8 Å². The number of carbonyl (C=O) groups is 4. The fraction of sp³-hybridized carbons (Fsp3) is 0.565. The Morgan fingerprint density at radius 2 is 1.85 bits per heavy atom. The highest BCUT2D eigenvalue weighted by Gasteiger charge is 2.72. The Labute approximate surface area is 190 Å². The maximum Gasteiger partial charge on any atom is 0.235 e. The highest BCUT2D eigenvalue weighted by Crippen LogP contribution is 2.55.